The monoisotopic (exact) mass is 315 g/mol. The van der Waals surface area contributed by atoms with Crippen molar-refractivity contribution in [3.8, 4) is 0 Å². The predicted molar refractivity (Wildman–Crippen MR) is 84.2 cm³/mol. The van der Waals surface area contributed by atoms with Gasteiger partial charge in [-0.05, 0) is 36.9 Å². The maximum atomic E-state index is 11.6. The third kappa shape index (κ3) is 5.95. The molecule has 0 N–H and O–H groups in total. The van der Waals surface area contributed by atoms with E-state index in [4.69, 9.17) is 27.9 Å². The van der Waals surface area contributed by atoms with E-state index in [9.17, 15) is 4.79 Å². The lowest BCUT2D eigenvalue weighted by Gasteiger charge is -2.16. The molecule has 0 amide bonds. The molecule has 0 heterocycles. The van der Waals surface area contributed by atoms with Gasteiger partial charge in [-0.2, -0.15) is 0 Å². The average Bonchev–Trinajstić information content (AvgIpc) is 2.42. The second kappa shape index (κ2) is 9.01. The zero-order chi connectivity index (χ0) is 15.0. The van der Waals surface area contributed by atoms with Crippen LogP contribution in [-0.2, 0) is 9.53 Å². The minimum absolute atomic E-state index is 0.372. The Balaban J connectivity index is 2.43. The fourth-order valence-corrected chi connectivity index (χ4v) is 2.13. The van der Waals surface area contributed by atoms with E-state index in [1.54, 1.807) is 24.3 Å². The highest BCUT2D eigenvalue weighted by atomic mass is 35.5. The molecule has 3 nitrogen and oxygen atoms in total. The summed E-state index contributed by atoms with van der Waals surface area (Å²) in [6.45, 7) is 7.18. The number of carbonyl (C=O) groups is 1. The number of benzene rings is 1. The smallest absolute Gasteiger partial charge is 0.330 e. The Hall–Kier alpha value is -1.03. The van der Waals surface area contributed by atoms with Gasteiger partial charge in [0, 0.05) is 22.7 Å². The van der Waals surface area contributed by atoms with Gasteiger partial charge < -0.3 is 9.64 Å². The van der Waals surface area contributed by atoms with Crippen LogP contribution in [-0.4, -0.2) is 37.1 Å². The summed E-state index contributed by atoms with van der Waals surface area (Å²) < 4.78 is 5.12. The molecule has 0 aliphatic rings. The van der Waals surface area contributed by atoms with E-state index >= 15 is 0 Å². The number of ether oxygens (including phenoxy) is 1. The minimum atomic E-state index is -0.372. The topological polar surface area (TPSA) is 29.5 Å². The van der Waals surface area contributed by atoms with E-state index in [0.717, 1.165) is 25.2 Å². The summed E-state index contributed by atoms with van der Waals surface area (Å²) in [6.07, 6.45) is 3.00. The van der Waals surface area contributed by atoms with Crippen LogP contribution < -0.4 is 0 Å². The van der Waals surface area contributed by atoms with Crippen molar-refractivity contribution in [2.45, 2.75) is 13.8 Å². The summed E-state index contributed by atoms with van der Waals surface area (Å²) in [4.78, 5) is 13.7. The van der Waals surface area contributed by atoms with E-state index in [0.29, 0.717) is 16.7 Å². The number of hydrogen-bond donors (Lipinski definition) is 0. The lowest BCUT2D eigenvalue weighted by Crippen LogP contribution is -2.27. The average molecular weight is 316 g/mol. The first-order valence-corrected chi connectivity index (χ1v) is 7.34. The van der Waals surface area contributed by atoms with E-state index < -0.39 is 0 Å². The molecule has 0 radical (unpaired) electrons. The Morgan fingerprint density at radius 1 is 1.30 bits per heavy atom. The van der Waals surface area contributed by atoms with Gasteiger partial charge >= 0.3 is 5.97 Å². The highest BCUT2D eigenvalue weighted by Crippen LogP contribution is 2.21. The van der Waals surface area contributed by atoms with Crippen LogP contribution in [0.1, 0.15) is 19.4 Å². The summed E-state index contributed by atoms with van der Waals surface area (Å²) in [5, 5.41) is 1.07. The van der Waals surface area contributed by atoms with Crippen molar-refractivity contribution < 1.29 is 9.53 Å². The Kier molecular flexibility index (Phi) is 7.67. The molecule has 0 spiro atoms. The summed E-state index contributed by atoms with van der Waals surface area (Å²) in [5.74, 6) is -0.372. The summed E-state index contributed by atoms with van der Waals surface area (Å²) in [5.41, 5.74) is 0.733. The number of esters is 1. The van der Waals surface area contributed by atoms with Crippen molar-refractivity contribution in [2.24, 2.45) is 0 Å². The van der Waals surface area contributed by atoms with Crippen LogP contribution in [0.3, 0.4) is 0 Å². The first-order valence-electron chi connectivity index (χ1n) is 6.59. The molecule has 0 bridgehead atoms. The van der Waals surface area contributed by atoms with Gasteiger partial charge in [0.15, 0.2) is 0 Å². The maximum absolute atomic E-state index is 11.6. The number of nitrogens with zero attached hydrogens (tertiary/aromatic N) is 1. The molecule has 0 aliphatic heterocycles. The van der Waals surface area contributed by atoms with Gasteiger partial charge in [-0.25, -0.2) is 4.79 Å². The van der Waals surface area contributed by atoms with Crippen LogP contribution in [0.15, 0.2) is 24.3 Å². The molecule has 20 heavy (non-hydrogen) atoms. The van der Waals surface area contributed by atoms with Crippen LogP contribution >= 0.6 is 23.2 Å². The number of rotatable bonds is 7. The standard InChI is InChI=1S/C15H19Cl2NO2/c1-3-18(4-2)9-10-20-15(19)8-6-12-5-7-13(16)11-14(12)17/h5-8,11H,3-4,9-10H2,1-2H3/b8-6+. The Labute approximate surface area is 130 Å². The minimum Gasteiger partial charge on any atom is -0.461 e. The van der Waals surface area contributed by atoms with E-state index in [2.05, 4.69) is 18.7 Å². The Bertz CT molecular complexity index is 471. The summed E-state index contributed by atoms with van der Waals surface area (Å²) in [6, 6.07) is 5.11. The highest BCUT2D eigenvalue weighted by Gasteiger charge is 2.02. The molecule has 1 aromatic rings. The molecule has 0 aliphatic carbocycles. The van der Waals surface area contributed by atoms with Crippen molar-refractivity contribution in [2.75, 3.05) is 26.2 Å². The second-order valence-electron chi connectivity index (χ2n) is 4.19. The quantitative estimate of drug-likeness (QED) is 0.564. The van der Waals surface area contributed by atoms with Gasteiger partial charge in [-0.3, -0.25) is 0 Å². The first kappa shape index (κ1) is 17.0. The van der Waals surface area contributed by atoms with E-state index in [1.807, 2.05) is 0 Å². The molecule has 0 saturated carbocycles. The maximum Gasteiger partial charge on any atom is 0.330 e. The molecule has 1 rings (SSSR count). The molecular formula is C15H19Cl2NO2. The van der Waals surface area contributed by atoms with Crippen LogP contribution in [0.4, 0.5) is 0 Å². The third-order valence-electron chi connectivity index (χ3n) is 2.91. The van der Waals surface area contributed by atoms with Gasteiger partial charge in [-0.1, -0.05) is 43.1 Å². The number of likely N-dealkylation sites (N-methyl/N-ethyl adjacent to an activating group) is 1. The first-order chi connectivity index (χ1) is 9.56. The van der Waals surface area contributed by atoms with Crippen LogP contribution in [0.5, 0.6) is 0 Å². The van der Waals surface area contributed by atoms with Crippen molar-refractivity contribution in [1.29, 1.82) is 0 Å². The second-order valence-corrected chi connectivity index (χ2v) is 5.04. The molecule has 0 aromatic heterocycles. The lowest BCUT2D eigenvalue weighted by molar-refractivity contribution is -0.138. The van der Waals surface area contributed by atoms with Gasteiger partial charge in [0.25, 0.3) is 0 Å². The molecular weight excluding hydrogens is 297 g/mol. The molecule has 0 saturated heterocycles. The summed E-state index contributed by atoms with van der Waals surface area (Å²) in [7, 11) is 0. The number of carbonyl (C=O) groups excluding carboxylic acids is 1. The highest BCUT2D eigenvalue weighted by molar-refractivity contribution is 6.35. The largest absolute Gasteiger partial charge is 0.461 e. The van der Waals surface area contributed by atoms with Gasteiger partial charge in [0.05, 0.1) is 0 Å². The van der Waals surface area contributed by atoms with Gasteiger partial charge in [-0.15, -0.1) is 0 Å². The molecule has 0 unspecified atom stereocenters. The van der Waals surface area contributed by atoms with Crippen molar-refractivity contribution in [3.63, 3.8) is 0 Å². The number of hydrogen-bond acceptors (Lipinski definition) is 3. The van der Waals surface area contributed by atoms with E-state index in [1.165, 1.54) is 6.08 Å². The Morgan fingerprint density at radius 2 is 2.00 bits per heavy atom. The fourth-order valence-electron chi connectivity index (χ4n) is 1.66. The SMILES string of the molecule is CCN(CC)CCOC(=O)/C=C/c1ccc(Cl)cc1Cl. The van der Waals surface area contributed by atoms with E-state index in [-0.39, 0.29) is 5.97 Å². The van der Waals surface area contributed by atoms with Gasteiger partial charge in [0.2, 0.25) is 0 Å². The molecule has 0 fully saturated rings. The predicted octanol–water partition coefficient (Wildman–Crippen LogP) is 3.89. The summed E-state index contributed by atoms with van der Waals surface area (Å²) >= 11 is 11.8. The molecule has 1 aromatic carbocycles. The van der Waals surface area contributed by atoms with Crippen LogP contribution in [0, 0.1) is 0 Å². The zero-order valence-electron chi connectivity index (χ0n) is 11.7. The Morgan fingerprint density at radius 3 is 2.60 bits per heavy atom. The fraction of sp³-hybridized carbons (Fsp3) is 0.400. The normalized spacial score (nSPS) is 11.2. The van der Waals surface area contributed by atoms with Crippen molar-refractivity contribution in [3.05, 3.63) is 39.9 Å². The molecule has 5 heteroatoms. The van der Waals surface area contributed by atoms with Crippen molar-refractivity contribution >= 4 is 35.2 Å². The zero-order valence-corrected chi connectivity index (χ0v) is 13.2. The molecule has 110 valence electrons. The van der Waals surface area contributed by atoms with Crippen LogP contribution in [0.25, 0.3) is 6.08 Å². The van der Waals surface area contributed by atoms with Crippen LogP contribution in [0.2, 0.25) is 10.0 Å². The number of halogens is 2. The lowest BCUT2D eigenvalue weighted by atomic mass is 10.2. The van der Waals surface area contributed by atoms with Crippen molar-refractivity contribution in [1.82, 2.24) is 4.90 Å². The third-order valence-corrected chi connectivity index (χ3v) is 3.47. The molecule has 0 atom stereocenters. The van der Waals surface area contributed by atoms with Gasteiger partial charge in [0.1, 0.15) is 6.61 Å².